The quantitative estimate of drug-likeness (QED) is 0.889. The van der Waals surface area contributed by atoms with Crippen LogP contribution in [0.2, 0.25) is 0 Å². The van der Waals surface area contributed by atoms with Gasteiger partial charge in [-0.1, -0.05) is 28.1 Å². The van der Waals surface area contributed by atoms with Gasteiger partial charge in [-0.05, 0) is 64.3 Å². The molecular weight excluding hydrogens is 314 g/mol. The molecule has 1 unspecified atom stereocenters. The summed E-state index contributed by atoms with van der Waals surface area (Å²) in [5.74, 6) is 0. The van der Waals surface area contributed by atoms with Crippen molar-refractivity contribution < 1.29 is 0 Å². The Bertz CT molecular complexity index is 410. The zero-order chi connectivity index (χ0) is 14.4. The van der Waals surface area contributed by atoms with Gasteiger partial charge in [0.05, 0.1) is 0 Å². The maximum absolute atomic E-state index is 3.56. The number of halogens is 1. The van der Waals surface area contributed by atoms with Gasteiger partial charge in [0.15, 0.2) is 0 Å². The van der Waals surface area contributed by atoms with Gasteiger partial charge < -0.3 is 15.1 Å². The van der Waals surface area contributed by atoms with Gasteiger partial charge in [-0.2, -0.15) is 0 Å². The zero-order valence-corrected chi connectivity index (χ0v) is 14.2. The highest BCUT2D eigenvalue weighted by Crippen LogP contribution is 2.21. The maximum atomic E-state index is 3.56. The Morgan fingerprint density at radius 1 is 1.25 bits per heavy atom. The van der Waals surface area contributed by atoms with E-state index in [0.717, 1.165) is 10.9 Å². The summed E-state index contributed by atoms with van der Waals surface area (Å²) >= 11 is 3.56. The summed E-state index contributed by atoms with van der Waals surface area (Å²) in [6.07, 6.45) is 2.45. The molecule has 20 heavy (non-hydrogen) atoms. The minimum Gasteiger partial charge on any atom is -0.313 e. The Morgan fingerprint density at radius 3 is 2.85 bits per heavy atom. The second-order valence-corrected chi connectivity index (χ2v) is 6.60. The maximum Gasteiger partial charge on any atom is 0.0330 e. The lowest BCUT2D eigenvalue weighted by molar-refractivity contribution is 0.262. The van der Waals surface area contributed by atoms with Crippen molar-refractivity contribution in [2.24, 2.45) is 0 Å². The number of benzene rings is 1. The van der Waals surface area contributed by atoms with Gasteiger partial charge in [-0.3, -0.25) is 0 Å². The van der Waals surface area contributed by atoms with Crippen LogP contribution in [0.1, 0.15) is 24.4 Å². The number of hydrogen-bond acceptors (Lipinski definition) is 3. The normalized spacial score (nSPS) is 19.8. The van der Waals surface area contributed by atoms with E-state index in [1.54, 1.807) is 0 Å². The average molecular weight is 340 g/mol. The molecule has 0 bridgehead atoms. The highest BCUT2D eigenvalue weighted by molar-refractivity contribution is 9.10. The van der Waals surface area contributed by atoms with Crippen molar-refractivity contribution in [2.45, 2.75) is 18.9 Å². The van der Waals surface area contributed by atoms with Crippen LogP contribution in [0, 0.1) is 0 Å². The summed E-state index contributed by atoms with van der Waals surface area (Å²) in [6, 6.07) is 9.07. The molecule has 112 valence electrons. The van der Waals surface area contributed by atoms with E-state index < -0.39 is 0 Å². The minimum absolute atomic E-state index is 0.438. The van der Waals surface area contributed by atoms with Gasteiger partial charge in [0.1, 0.15) is 0 Å². The van der Waals surface area contributed by atoms with Crippen LogP contribution in [0.25, 0.3) is 0 Å². The van der Waals surface area contributed by atoms with Crippen molar-refractivity contribution in [3.63, 3.8) is 0 Å². The van der Waals surface area contributed by atoms with E-state index in [4.69, 9.17) is 0 Å². The van der Waals surface area contributed by atoms with Crippen LogP contribution in [-0.2, 0) is 0 Å². The number of nitrogens with one attached hydrogen (secondary N) is 1. The van der Waals surface area contributed by atoms with Crippen molar-refractivity contribution in [1.82, 2.24) is 15.1 Å². The standard InChI is InChI=1S/C16H26BrN3/c1-18-16(14-5-3-6-15(17)13-14)7-10-20-9-4-8-19(2)11-12-20/h3,5-6,13,16,18H,4,7-12H2,1-2H3. The fraction of sp³-hybridized carbons (Fsp3) is 0.625. The fourth-order valence-corrected chi connectivity index (χ4v) is 3.25. The van der Waals surface area contributed by atoms with Crippen molar-refractivity contribution in [3.05, 3.63) is 34.3 Å². The number of hydrogen-bond donors (Lipinski definition) is 1. The SMILES string of the molecule is CNC(CCN1CCCN(C)CC1)c1cccc(Br)c1. The van der Waals surface area contributed by atoms with Crippen LogP contribution in [0.4, 0.5) is 0 Å². The van der Waals surface area contributed by atoms with Crippen LogP contribution in [0.15, 0.2) is 28.7 Å². The summed E-state index contributed by atoms with van der Waals surface area (Å²) < 4.78 is 1.16. The molecule has 0 amide bonds. The van der Waals surface area contributed by atoms with E-state index in [9.17, 15) is 0 Å². The van der Waals surface area contributed by atoms with Gasteiger partial charge in [-0.15, -0.1) is 0 Å². The first-order valence-corrected chi connectivity index (χ1v) is 8.32. The lowest BCUT2D eigenvalue weighted by atomic mass is 10.0. The third-order valence-corrected chi connectivity index (χ3v) is 4.64. The monoisotopic (exact) mass is 339 g/mol. The lowest BCUT2D eigenvalue weighted by Gasteiger charge is -2.24. The fourth-order valence-electron chi connectivity index (χ4n) is 2.84. The predicted molar refractivity (Wildman–Crippen MR) is 89.1 cm³/mol. The Hall–Kier alpha value is -0.420. The van der Waals surface area contributed by atoms with Gasteiger partial charge in [-0.25, -0.2) is 0 Å². The van der Waals surface area contributed by atoms with E-state index in [-0.39, 0.29) is 0 Å². The second kappa shape index (κ2) is 8.13. The summed E-state index contributed by atoms with van der Waals surface area (Å²) in [4.78, 5) is 5.04. The summed E-state index contributed by atoms with van der Waals surface area (Å²) in [7, 11) is 4.28. The van der Waals surface area contributed by atoms with Crippen molar-refractivity contribution in [2.75, 3.05) is 46.8 Å². The molecule has 0 saturated carbocycles. The van der Waals surface area contributed by atoms with Gasteiger partial charge in [0.2, 0.25) is 0 Å². The first-order valence-electron chi connectivity index (χ1n) is 7.52. The Morgan fingerprint density at radius 2 is 2.10 bits per heavy atom. The lowest BCUT2D eigenvalue weighted by Crippen LogP contribution is -2.32. The largest absolute Gasteiger partial charge is 0.313 e. The second-order valence-electron chi connectivity index (χ2n) is 5.68. The predicted octanol–water partition coefficient (Wildman–Crippen LogP) is 2.74. The topological polar surface area (TPSA) is 18.5 Å². The number of rotatable bonds is 5. The first-order chi connectivity index (χ1) is 9.69. The molecule has 2 rings (SSSR count). The Labute approximate surface area is 131 Å². The van der Waals surface area contributed by atoms with E-state index >= 15 is 0 Å². The van der Waals surface area contributed by atoms with Crippen molar-refractivity contribution in [3.8, 4) is 0 Å². The molecule has 1 heterocycles. The molecule has 3 nitrogen and oxygen atoms in total. The summed E-state index contributed by atoms with van der Waals surface area (Å²) in [6.45, 7) is 6.04. The smallest absolute Gasteiger partial charge is 0.0330 e. The Balaban J connectivity index is 1.87. The molecule has 1 N–H and O–H groups in total. The van der Waals surface area contributed by atoms with Gasteiger partial charge in [0.25, 0.3) is 0 Å². The average Bonchev–Trinajstić information content (AvgIpc) is 2.64. The summed E-state index contributed by atoms with van der Waals surface area (Å²) in [5.41, 5.74) is 1.37. The van der Waals surface area contributed by atoms with Crippen LogP contribution < -0.4 is 5.32 Å². The van der Waals surface area contributed by atoms with Crippen LogP contribution in [0.3, 0.4) is 0 Å². The first kappa shape index (κ1) is 16.0. The molecule has 1 aliphatic heterocycles. The number of nitrogens with zero attached hydrogens (tertiary/aromatic N) is 2. The summed E-state index contributed by atoms with van der Waals surface area (Å²) in [5, 5.41) is 3.45. The molecule has 4 heteroatoms. The van der Waals surface area contributed by atoms with Crippen LogP contribution in [-0.4, -0.2) is 56.6 Å². The molecule has 1 aromatic rings. The third kappa shape index (κ3) is 4.85. The zero-order valence-electron chi connectivity index (χ0n) is 12.6. The molecular formula is C16H26BrN3. The van der Waals surface area contributed by atoms with E-state index in [1.807, 2.05) is 0 Å². The molecule has 1 fully saturated rings. The molecule has 1 aliphatic rings. The molecule has 1 aromatic carbocycles. The van der Waals surface area contributed by atoms with E-state index in [0.29, 0.717) is 6.04 Å². The third-order valence-electron chi connectivity index (χ3n) is 4.15. The molecule has 0 radical (unpaired) electrons. The van der Waals surface area contributed by atoms with Crippen molar-refractivity contribution >= 4 is 15.9 Å². The molecule has 0 aromatic heterocycles. The highest BCUT2D eigenvalue weighted by Gasteiger charge is 2.15. The Kier molecular flexibility index (Phi) is 6.49. The van der Waals surface area contributed by atoms with Gasteiger partial charge in [0, 0.05) is 23.6 Å². The number of likely N-dealkylation sites (N-methyl/N-ethyl adjacent to an activating group) is 1. The van der Waals surface area contributed by atoms with Gasteiger partial charge >= 0.3 is 0 Å². The van der Waals surface area contributed by atoms with E-state index in [1.165, 1.54) is 44.7 Å². The van der Waals surface area contributed by atoms with E-state index in [2.05, 4.69) is 69.4 Å². The van der Waals surface area contributed by atoms with Crippen LogP contribution in [0.5, 0.6) is 0 Å². The van der Waals surface area contributed by atoms with Crippen molar-refractivity contribution in [1.29, 1.82) is 0 Å². The highest BCUT2D eigenvalue weighted by atomic mass is 79.9. The minimum atomic E-state index is 0.438. The molecule has 0 aliphatic carbocycles. The van der Waals surface area contributed by atoms with Crippen LogP contribution >= 0.6 is 15.9 Å². The molecule has 1 saturated heterocycles. The molecule has 1 atom stereocenters. The molecule has 0 spiro atoms.